The van der Waals surface area contributed by atoms with Gasteiger partial charge in [0.2, 0.25) is 17.7 Å². The molecule has 0 bridgehead atoms. The van der Waals surface area contributed by atoms with E-state index in [-0.39, 0.29) is 66.5 Å². The zero-order valence-corrected chi connectivity index (χ0v) is 32.2. The van der Waals surface area contributed by atoms with Crippen LogP contribution in [0.2, 0.25) is 0 Å². The van der Waals surface area contributed by atoms with Crippen molar-refractivity contribution < 1.29 is 41.5 Å². The van der Waals surface area contributed by atoms with E-state index in [9.17, 15) is 32.8 Å². The molecule has 0 saturated carbocycles. The van der Waals surface area contributed by atoms with E-state index in [1.54, 1.807) is 17.0 Å². The number of hydrogen-bond acceptors (Lipinski definition) is 8. The fourth-order valence-electron chi connectivity index (χ4n) is 10.5. The molecule has 2 N–H and O–H groups in total. The first-order valence-electron chi connectivity index (χ1n) is 20.0. The Hall–Kier alpha value is -5.61. The molecule has 3 fully saturated rings. The number of para-hydroxylation sites is 1. The Bertz CT molecular complexity index is 2430. The third kappa shape index (κ3) is 6.12. The number of H-pyrrole nitrogens is 1. The molecule has 4 aromatic rings. The number of nitrogens with zero attached hydrogens (tertiary/aromatic N) is 5. The van der Waals surface area contributed by atoms with Crippen molar-refractivity contribution in [2.24, 2.45) is 5.41 Å². The number of fused-ring (bicyclic) bond motifs is 5. The summed E-state index contributed by atoms with van der Waals surface area (Å²) in [6.07, 6.45) is -1.33. The monoisotopic (exact) mass is 811 g/mol. The zero-order chi connectivity index (χ0) is 41.1. The van der Waals surface area contributed by atoms with Crippen LogP contribution in [-0.2, 0) is 33.9 Å². The summed E-state index contributed by atoms with van der Waals surface area (Å²) in [5, 5.41) is 3.11. The van der Waals surface area contributed by atoms with Gasteiger partial charge in [-0.1, -0.05) is 18.2 Å². The van der Waals surface area contributed by atoms with Crippen molar-refractivity contribution >= 4 is 46.1 Å². The number of alkyl halides is 2. The first kappa shape index (κ1) is 37.6. The van der Waals surface area contributed by atoms with E-state index in [0.29, 0.717) is 44.0 Å². The van der Waals surface area contributed by atoms with Gasteiger partial charge in [0.05, 0.1) is 30.3 Å². The number of rotatable bonds is 7. The van der Waals surface area contributed by atoms with Crippen molar-refractivity contribution in [3.63, 3.8) is 0 Å². The van der Waals surface area contributed by atoms with Crippen molar-refractivity contribution in [2.75, 3.05) is 44.2 Å². The number of halogens is 4. The average Bonchev–Trinajstić information content (AvgIpc) is 3.94. The second-order valence-corrected chi connectivity index (χ2v) is 17.1. The fourth-order valence-corrected chi connectivity index (χ4v) is 10.5. The SMILES string of the molecule is C[C@@H]1Cc2c([nH]c3ccccc23)[C@@H](c2c(F)cc(N3CC4(CCN(CC(=O)N5Cc6cc7c(cc6C5)C(=O)N(C5CCC(=O)NC5=O)C7=O)C4)C3)cc2F)N1CC(F)F. The Morgan fingerprint density at radius 1 is 0.932 bits per heavy atom. The second kappa shape index (κ2) is 13.7. The first-order valence-corrected chi connectivity index (χ1v) is 20.0. The number of aromatic nitrogens is 1. The highest BCUT2D eigenvalue weighted by Gasteiger charge is 2.49. The number of carbonyl (C=O) groups is 5. The van der Waals surface area contributed by atoms with E-state index in [2.05, 4.69) is 15.2 Å². The second-order valence-electron chi connectivity index (χ2n) is 17.1. The number of hydrogen-bond donors (Lipinski definition) is 2. The number of anilines is 1. The molecule has 6 aliphatic rings. The number of nitrogens with one attached hydrogen (secondary N) is 2. The predicted octanol–water partition coefficient (Wildman–Crippen LogP) is 4.50. The molecular formula is C43H41F4N7O5. The van der Waals surface area contributed by atoms with Crippen LogP contribution in [0, 0.1) is 17.0 Å². The Morgan fingerprint density at radius 3 is 2.27 bits per heavy atom. The lowest BCUT2D eigenvalue weighted by atomic mass is 9.78. The summed E-state index contributed by atoms with van der Waals surface area (Å²) in [4.78, 5) is 75.7. The van der Waals surface area contributed by atoms with Crippen LogP contribution in [0.1, 0.15) is 80.9 Å². The Balaban J connectivity index is 0.790. The maximum Gasteiger partial charge on any atom is 0.262 e. The summed E-state index contributed by atoms with van der Waals surface area (Å²) in [6.45, 7) is 4.25. The minimum absolute atomic E-state index is 0.0313. The van der Waals surface area contributed by atoms with Crippen molar-refractivity contribution in [2.45, 2.75) is 70.2 Å². The highest BCUT2D eigenvalue weighted by Crippen LogP contribution is 2.46. The van der Waals surface area contributed by atoms with E-state index < -0.39 is 60.3 Å². The van der Waals surface area contributed by atoms with E-state index in [0.717, 1.165) is 38.9 Å². The van der Waals surface area contributed by atoms with Crippen LogP contribution < -0.4 is 10.2 Å². The van der Waals surface area contributed by atoms with Crippen LogP contribution >= 0.6 is 0 Å². The molecule has 3 atom stereocenters. The molecule has 1 spiro atoms. The topological polar surface area (TPSA) is 129 Å². The minimum Gasteiger partial charge on any atom is -0.370 e. The highest BCUT2D eigenvalue weighted by molar-refractivity contribution is 6.23. The Labute approximate surface area is 336 Å². The molecule has 306 valence electrons. The van der Waals surface area contributed by atoms with Gasteiger partial charge in [-0.15, -0.1) is 0 Å². The fraction of sp³-hybridized carbons (Fsp3) is 0.419. The van der Waals surface area contributed by atoms with Crippen molar-refractivity contribution in [1.29, 1.82) is 0 Å². The molecule has 0 aliphatic carbocycles. The Kier molecular flexibility index (Phi) is 8.76. The van der Waals surface area contributed by atoms with Crippen LogP contribution in [-0.4, -0.2) is 112 Å². The third-order valence-corrected chi connectivity index (χ3v) is 13.3. The van der Waals surface area contributed by atoms with E-state index in [4.69, 9.17) is 0 Å². The minimum atomic E-state index is -2.69. The molecule has 5 amide bonds. The van der Waals surface area contributed by atoms with Gasteiger partial charge < -0.3 is 14.8 Å². The van der Waals surface area contributed by atoms with Crippen LogP contribution in [0.4, 0.5) is 23.2 Å². The van der Waals surface area contributed by atoms with E-state index in [1.807, 2.05) is 36.1 Å². The summed E-state index contributed by atoms with van der Waals surface area (Å²) in [5.41, 5.74) is 4.02. The summed E-state index contributed by atoms with van der Waals surface area (Å²) < 4.78 is 60.3. The van der Waals surface area contributed by atoms with Gasteiger partial charge in [-0.25, -0.2) is 17.6 Å². The lowest BCUT2D eigenvalue weighted by Crippen LogP contribution is -2.58. The van der Waals surface area contributed by atoms with E-state index >= 15 is 8.78 Å². The number of aromatic amines is 1. The van der Waals surface area contributed by atoms with Gasteiger partial charge >= 0.3 is 0 Å². The molecular weight excluding hydrogens is 771 g/mol. The molecule has 7 heterocycles. The standard InChI is InChI=1S/C43H41F4N7O5/c1-22-10-27-26-4-2-3-5-32(26)48-38(27)39(53(22)17-34(46)47)37-30(44)13-25(14-31(37)45)52-20-43(21-52)8-9-50(19-43)18-36(56)51-15-23-11-28-29(12-24(23)16-51)42(59)54(41(28)58)33-6-7-35(55)49-40(33)57/h2-5,11-14,22,33-34,39,48H,6-10,15-21H2,1H3,(H,49,55,57)/t22-,33?,39-/m1/s1. The number of piperidine rings is 1. The van der Waals surface area contributed by atoms with Gasteiger partial charge in [0.1, 0.15) is 17.7 Å². The molecule has 12 nitrogen and oxygen atoms in total. The predicted molar refractivity (Wildman–Crippen MR) is 205 cm³/mol. The van der Waals surface area contributed by atoms with E-state index in [1.165, 1.54) is 17.0 Å². The Morgan fingerprint density at radius 2 is 1.61 bits per heavy atom. The van der Waals surface area contributed by atoms with Gasteiger partial charge in [0, 0.05) is 78.4 Å². The van der Waals surface area contributed by atoms with Gasteiger partial charge in [-0.05, 0) is 79.8 Å². The summed E-state index contributed by atoms with van der Waals surface area (Å²) in [6, 6.07) is 10.9. The summed E-state index contributed by atoms with van der Waals surface area (Å²) in [5.74, 6) is -3.99. The number of carbonyl (C=O) groups excluding carboxylic acids is 5. The summed E-state index contributed by atoms with van der Waals surface area (Å²) in [7, 11) is 0. The highest BCUT2D eigenvalue weighted by atomic mass is 19.3. The molecule has 1 aromatic heterocycles. The van der Waals surface area contributed by atoms with Crippen molar-refractivity contribution in [1.82, 2.24) is 29.9 Å². The maximum absolute atomic E-state index is 16.2. The maximum atomic E-state index is 16.2. The normalized spacial score (nSPS) is 24.0. The number of benzene rings is 3. The summed E-state index contributed by atoms with van der Waals surface area (Å²) >= 11 is 0. The number of amides is 5. The van der Waals surface area contributed by atoms with Crippen LogP contribution in [0.5, 0.6) is 0 Å². The number of imide groups is 2. The average molecular weight is 812 g/mol. The zero-order valence-electron chi connectivity index (χ0n) is 32.2. The molecule has 16 heteroatoms. The van der Waals surface area contributed by atoms with Crippen molar-refractivity contribution in [3.05, 3.63) is 99.2 Å². The third-order valence-electron chi connectivity index (χ3n) is 13.3. The van der Waals surface area contributed by atoms with Crippen LogP contribution in [0.25, 0.3) is 10.9 Å². The molecule has 10 rings (SSSR count). The number of likely N-dealkylation sites (tertiary alicyclic amines) is 1. The van der Waals surface area contributed by atoms with Gasteiger partial charge in [0.25, 0.3) is 18.2 Å². The van der Waals surface area contributed by atoms with Crippen LogP contribution in [0.15, 0.2) is 48.5 Å². The largest absolute Gasteiger partial charge is 0.370 e. The lowest BCUT2D eigenvalue weighted by Gasteiger charge is -2.49. The van der Waals surface area contributed by atoms with Gasteiger partial charge in [-0.3, -0.25) is 44.0 Å². The molecule has 3 aromatic carbocycles. The molecule has 6 aliphatic heterocycles. The lowest BCUT2D eigenvalue weighted by molar-refractivity contribution is -0.136. The first-order chi connectivity index (χ1) is 28.3. The molecule has 3 saturated heterocycles. The van der Waals surface area contributed by atoms with Gasteiger partial charge in [-0.2, -0.15) is 0 Å². The van der Waals surface area contributed by atoms with Gasteiger partial charge in [0.15, 0.2) is 0 Å². The quantitative estimate of drug-likeness (QED) is 0.206. The van der Waals surface area contributed by atoms with Crippen LogP contribution in [0.3, 0.4) is 0 Å². The smallest absolute Gasteiger partial charge is 0.262 e. The van der Waals surface area contributed by atoms with Crippen molar-refractivity contribution in [3.8, 4) is 0 Å². The molecule has 1 unspecified atom stereocenters. The molecule has 0 radical (unpaired) electrons. The molecule has 59 heavy (non-hydrogen) atoms.